The quantitative estimate of drug-likeness (QED) is 0.524. The van der Waals surface area contributed by atoms with Gasteiger partial charge in [-0.15, -0.1) is 0 Å². The largest absolute Gasteiger partial charge is 0.392 e. The zero-order chi connectivity index (χ0) is 11.8. The summed E-state index contributed by atoms with van der Waals surface area (Å²) in [6.07, 6.45) is 10.8. The fraction of sp³-hybridized carbons (Fsp3) is 0.923. The first-order chi connectivity index (χ1) is 7.74. The Kier molecular flexibility index (Phi) is 6.97. The third kappa shape index (κ3) is 5.26. The van der Waals surface area contributed by atoms with Gasteiger partial charge in [0.25, 0.3) is 0 Å². The summed E-state index contributed by atoms with van der Waals surface area (Å²) in [4.78, 5) is 3.17. The van der Waals surface area contributed by atoms with Crippen LogP contribution in [0, 0.1) is 0 Å². The minimum Gasteiger partial charge on any atom is -0.392 e. The molecule has 94 valence electrons. The molecule has 1 rings (SSSR count). The van der Waals surface area contributed by atoms with E-state index < -0.39 is 0 Å². The molecule has 16 heavy (non-hydrogen) atoms. The number of nitrogens with zero attached hydrogens (tertiary/aromatic N) is 1. The van der Waals surface area contributed by atoms with Crippen LogP contribution >= 0.6 is 12.2 Å². The molecule has 0 radical (unpaired) electrons. The standard InChI is InChI=1S/C13H26N2S/c1-2-3-4-7-10-15(11-13(14)16)12-8-5-6-9-12/h12H,2-11H2,1H3,(H2,14,16). The van der Waals surface area contributed by atoms with E-state index in [-0.39, 0.29) is 0 Å². The van der Waals surface area contributed by atoms with Crippen molar-refractivity contribution in [3.8, 4) is 0 Å². The lowest BCUT2D eigenvalue weighted by Crippen LogP contribution is -2.40. The summed E-state index contributed by atoms with van der Waals surface area (Å²) in [6, 6.07) is 0.753. The van der Waals surface area contributed by atoms with E-state index >= 15 is 0 Å². The van der Waals surface area contributed by atoms with Gasteiger partial charge < -0.3 is 5.73 Å². The Morgan fingerprint density at radius 2 is 1.94 bits per heavy atom. The van der Waals surface area contributed by atoms with Crippen LogP contribution in [0.25, 0.3) is 0 Å². The molecule has 0 aromatic rings. The lowest BCUT2D eigenvalue weighted by molar-refractivity contribution is 0.222. The van der Waals surface area contributed by atoms with E-state index in [1.54, 1.807) is 0 Å². The third-order valence-corrected chi connectivity index (χ3v) is 3.63. The molecule has 0 spiro atoms. The van der Waals surface area contributed by atoms with E-state index in [0.29, 0.717) is 4.99 Å². The Morgan fingerprint density at radius 1 is 1.25 bits per heavy atom. The minimum atomic E-state index is 0.655. The molecular weight excluding hydrogens is 216 g/mol. The number of nitrogens with two attached hydrogens (primary N) is 1. The highest BCUT2D eigenvalue weighted by molar-refractivity contribution is 7.80. The van der Waals surface area contributed by atoms with Crippen LogP contribution in [0.3, 0.4) is 0 Å². The van der Waals surface area contributed by atoms with Gasteiger partial charge in [0, 0.05) is 12.6 Å². The van der Waals surface area contributed by atoms with E-state index in [1.165, 1.54) is 57.9 Å². The van der Waals surface area contributed by atoms with Crippen LogP contribution in [0.4, 0.5) is 0 Å². The predicted octanol–water partition coefficient (Wildman–Crippen LogP) is 3.10. The average Bonchev–Trinajstić information content (AvgIpc) is 2.75. The van der Waals surface area contributed by atoms with Gasteiger partial charge in [-0.1, -0.05) is 51.2 Å². The van der Waals surface area contributed by atoms with Gasteiger partial charge in [0.1, 0.15) is 0 Å². The second-order valence-corrected chi connectivity index (χ2v) is 5.46. The summed E-state index contributed by atoms with van der Waals surface area (Å²) in [5, 5.41) is 0. The molecule has 0 saturated heterocycles. The van der Waals surface area contributed by atoms with Crippen LogP contribution < -0.4 is 5.73 Å². The van der Waals surface area contributed by atoms with Gasteiger partial charge in [-0.2, -0.15) is 0 Å². The first-order valence-electron chi connectivity index (χ1n) is 6.76. The highest BCUT2D eigenvalue weighted by Gasteiger charge is 2.22. The van der Waals surface area contributed by atoms with Crippen LogP contribution in [0.5, 0.6) is 0 Å². The fourth-order valence-corrected chi connectivity index (χ4v) is 2.77. The molecule has 1 saturated carbocycles. The van der Waals surface area contributed by atoms with Crippen molar-refractivity contribution in [1.82, 2.24) is 4.90 Å². The summed E-state index contributed by atoms with van der Waals surface area (Å²) in [6.45, 7) is 4.26. The number of hydrogen-bond acceptors (Lipinski definition) is 2. The maximum absolute atomic E-state index is 5.68. The van der Waals surface area contributed by atoms with Crippen molar-refractivity contribution in [2.24, 2.45) is 5.73 Å². The summed E-state index contributed by atoms with van der Waals surface area (Å²) < 4.78 is 0. The molecule has 0 unspecified atom stereocenters. The average molecular weight is 242 g/mol. The minimum absolute atomic E-state index is 0.655. The van der Waals surface area contributed by atoms with Gasteiger partial charge in [0.05, 0.1) is 4.99 Å². The molecule has 0 atom stereocenters. The number of thiocarbonyl (C=S) groups is 1. The van der Waals surface area contributed by atoms with Crippen molar-refractivity contribution in [3.63, 3.8) is 0 Å². The van der Waals surface area contributed by atoms with Crippen LogP contribution in [0.1, 0.15) is 58.3 Å². The smallest absolute Gasteiger partial charge is 0.0870 e. The molecule has 0 heterocycles. The molecule has 0 aliphatic heterocycles. The number of rotatable bonds is 8. The van der Waals surface area contributed by atoms with Crippen LogP contribution in [-0.4, -0.2) is 29.0 Å². The second-order valence-electron chi connectivity index (χ2n) is 4.94. The molecule has 1 fully saturated rings. The Morgan fingerprint density at radius 3 is 2.50 bits per heavy atom. The molecule has 2 N–H and O–H groups in total. The van der Waals surface area contributed by atoms with Gasteiger partial charge in [0.15, 0.2) is 0 Å². The van der Waals surface area contributed by atoms with Crippen molar-refractivity contribution < 1.29 is 0 Å². The van der Waals surface area contributed by atoms with Gasteiger partial charge in [-0.3, -0.25) is 4.90 Å². The SMILES string of the molecule is CCCCCCN(CC(N)=S)C1CCCC1. The van der Waals surface area contributed by atoms with Crippen molar-refractivity contribution in [2.75, 3.05) is 13.1 Å². The van der Waals surface area contributed by atoms with Gasteiger partial charge in [-0.05, 0) is 25.8 Å². The first-order valence-corrected chi connectivity index (χ1v) is 7.17. The zero-order valence-corrected chi connectivity index (χ0v) is 11.4. The molecule has 0 amide bonds. The van der Waals surface area contributed by atoms with E-state index in [0.717, 1.165) is 12.6 Å². The van der Waals surface area contributed by atoms with Crippen LogP contribution in [0.15, 0.2) is 0 Å². The van der Waals surface area contributed by atoms with E-state index in [4.69, 9.17) is 18.0 Å². The van der Waals surface area contributed by atoms with E-state index in [1.807, 2.05) is 0 Å². The third-order valence-electron chi connectivity index (χ3n) is 3.50. The van der Waals surface area contributed by atoms with Crippen molar-refractivity contribution in [3.05, 3.63) is 0 Å². The van der Waals surface area contributed by atoms with Crippen molar-refractivity contribution in [2.45, 2.75) is 64.3 Å². The Balaban J connectivity index is 2.28. The monoisotopic (exact) mass is 242 g/mol. The topological polar surface area (TPSA) is 29.3 Å². The first kappa shape index (κ1) is 13.9. The fourth-order valence-electron chi connectivity index (χ4n) is 2.60. The van der Waals surface area contributed by atoms with E-state index in [2.05, 4.69) is 11.8 Å². The summed E-state index contributed by atoms with van der Waals surface area (Å²) in [5.74, 6) is 0. The Hall–Kier alpha value is -0.150. The highest BCUT2D eigenvalue weighted by atomic mass is 32.1. The lowest BCUT2D eigenvalue weighted by Gasteiger charge is -2.28. The molecular formula is C13H26N2S. The Labute approximate surface area is 106 Å². The van der Waals surface area contributed by atoms with Crippen molar-refractivity contribution >= 4 is 17.2 Å². The van der Waals surface area contributed by atoms with Gasteiger partial charge >= 0.3 is 0 Å². The van der Waals surface area contributed by atoms with Crippen LogP contribution in [0.2, 0.25) is 0 Å². The highest BCUT2D eigenvalue weighted by Crippen LogP contribution is 2.23. The number of hydrogen-bond donors (Lipinski definition) is 1. The second kappa shape index (κ2) is 8.02. The lowest BCUT2D eigenvalue weighted by atomic mass is 10.1. The van der Waals surface area contributed by atoms with Crippen molar-refractivity contribution in [1.29, 1.82) is 0 Å². The normalized spacial score (nSPS) is 17.1. The Bertz CT molecular complexity index is 200. The predicted molar refractivity (Wildman–Crippen MR) is 74.8 cm³/mol. The maximum Gasteiger partial charge on any atom is 0.0870 e. The molecule has 0 aromatic carbocycles. The van der Waals surface area contributed by atoms with Gasteiger partial charge in [-0.25, -0.2) is 0 Å². The van der Waals surface area contributed by atoms with Gasteiger partial charge in [0.2, 0.25) is 0 Å². The number of unbranched alkanes of at least 4 members (excludes halogenated alkanes) is 3. The summed E-state index contributed by atoms with van der Waals surface area (Å²) in [7, 11) is 0. The summed E-state index contributed by atoms with van der Waals surface area (Å²) in [5.41, 5.74) is 5.68. The zero-order valence-electron chi connectivity index (χ0n) is 10.6. The molecule has 2 nitrogen and oxygen atoms in total. The maximum atomic E-state index is 5.68. The van der Waals surface area contributed by atoms with Crippen LogP contribution in [-0.2, 0) is 0 Å². The molecule has 0 aromatic heterocycles. The molecule has 1 aliphatic rings. The summed E-state index contributed by atoms with van der Waals surface area (Å²) >= 11 is 5.05. The molecule has 0 bridgehead atoms. The molecule has 3 heteroatoms. The van der Waals surface area contributed by atoms with E-state index in [9.17, 15) is 0 Å². The molecule has 1 aliphatic carbocycles.